The molecule has 1 aromatic carbocycles. The zero-order valence-electron chi connectivity index (χ0n) is 10.9. The molecule has 2 rings (SSSR count). The molecule has 0 radical (unpaired) electrons. The van der Waals surface area contributed by atoms with Crippen molar-refractivity contribution in [3.05, 3.63) is 27.8 Å². The maximum Gasteiger partial charge on any atom is 0.211 e. The Morgan fingerprint density at radius 3 is 2.84 bits per heavy atom. The lowest BCUT2D eigenvalue weighted by Gasteiger charge is -2.30. The van der Waals surface area contributed by atoms with Gasteiger partial charge in [-0.05, 0) is 47.6 Å². The number of piperidine rings is 1. The molecule has 0 spiro atoms. The van der Waals surface area contributed by atoms with Gasteiger partial charge in [0.1, 0.15) is 5.75 Å². The Bertz CT molecular complexity index is 532. The Kier molecular flexibility index (Phi) is 5.08. The lowest BCUT2D eigenvalue weighted by Crippen LogP contribution is -2.40. The molecule has 0 N–H and O–H groups in total. The molecule has 1 unspecified atom stereocenters. The number of hydrogen-bond acceptors (Lipinski definition) is 3. The van der Waals surface area contributed by atoms with Crippen molar-refractivity contribution in [2.24, 2.45) is 5.92 Å². The van der Waals surface area contributed by atoms with Crippen molar-refractivity contribution in [3.8, 4) is 5.75 Å². The third-order valence-electron chi connectivity index (χ3n) is 3.26. The maximum absolute atomic E-state index is 11.5. The Hall–Kier alpha value is -0.340. The fourth-order valence-electron chi connectivity index (χ4n) is 2.23. The first kappa shape index (κ1) is 15.1. The van der Waals surface area contributed by atoms with Crippen LogP contribution in [0.25, 0.3) is 0 Å². The quantitative estimate of drug-likeness (QED) is 0.736. The molecule has 0 aliphatic carbocycles. The third-order valence-corrected chi connectivity index (χ3v) is 5.42. The highest BCUT2D eigenvalue weighted by atomic mass is 127. The van der Waals surface area contributed by atoms with Crippen molar-refractivity contribution in [3.63, 3.8) is 0 Å². The Labute approximate surface area is 128 Å². The third kappa shape index (κ3) is 4.32. The monoisotopic (exact) mass is 395 g/mol. The van der Waals surface area contributed by atoms with Crippen LogP contribution in [0.1, 0.15) is 12.8 Å². The highest BCUT2D eigenvalue weighted by molar-refractivity contribution is 14.1. The topological polar surface area (TPSA) is 46.6 Å². The molecule has 1 aliphatic rings. The zero-order valence-corrected chi connectivity index (χ0v) is 13.9. The van der Waals surface area contributed by atoms with Crippen molar-refractivity contribution >= 4 is 32.6 Å². The molecule has 1 atom stereocenters. The van der Waals surface area contributed by atoms with E-state index in [9.17, 15) is 8.42 Å². The molecule has 1 aromatic rings. The summed E-state index contributed by atoms with van der Waals surface area (Å²) in [4.78, 5) is 0. The number of halogens is 1. The molecule has 0 amide bonds. The molecule has 1 aliphatic heterocycles. The molecular formula is C13H18INO3S. The second kappa shape index (κ2) is 6.41. The summed E-state index contributed by atoms with van der Waals surface area (Å²) < 4.78 is 31.5. The van der Waals surface area contributed by atoms with Crippen molar-refractivity contribution in [2.45, 2.75) is 12.8 Å². The first-order valence-corrected chi connectivity index (χ1v) is 9.22. The minimum Gasteiger partial charge on any atom is -0.492 e. The fourth-order valence-corrected chi connectivity index (χ4v) is 3.72. The van der Waals surface area contributed by atoms with Gasteiger partial charge in [0, 0.05) is 19.0 Å². The number of para-hydroxylation sites is 1. The van der Waals surface area contributed by atoms with Crippen LogP contribution in [-0.2, 0) is 10.0 Å². The SMILES string of the molecule is CS(=O)(=O)N1CCCC(COc2ccccc2I)C1. The summed E-state index contributed by atoms with van der Waals surface area (Å²) in [7, 11) is -3.07. The van der Waals surface area contributed by atoms with Gasteiger partial charge >= 0.3 is 0 Å². The molecular weight excluding hydrogens is 377 g/mol. The number of benzene rings is 1. The van der Waals surface area contributed by atoms with Crippen LogP contribution in [0.3, 0.4) is 0 Å². The minimum absolute atomic E-state index is 0.277. The summed E-state index contributed by atoms with van der Waals surface area (Å²) in [5.74, 6) is 1.15. The van der Waals surface area contributed by atoms with Crippen LogP contribution < -0.4 is 4.74 Å². The van der Waals surface area contributed by atoms with Crippen LogP contribution >= 0.6 is 22.6 Å². The van der Waals surface area contributed by atoms with E-state index in [0.29, 0.717) is 19.7 Å². The fraction of sp³-hybridized carbons (Fsp3) is 0.538. The maximum atomic E-state index is 11.5. The van der Waals surface area contributed by atoms with Gasteiger partial charge in [-0.25, -0.2) is 12.7 Å². The zero-order chi connectivity index (χ0) is 13.9. The van der Waals surface area contributed by atoms with E-state index in [-0.39, 0.29) is 5.92 Å². The van der Waals surface area contributed by atoms with Crippen molar-refractivity contribution < 1.29 is 13.2 Å². The smallest absolute Gasteiger partial charge is 0.211 e. The van der Waals surface area contributed by atoms with E-state index >= 15 is 0 Å². The van der Waals surface area contributed by atoms with Gasteiger partial charge in [0.05, 0.1) is 16.4 Å². The Morgan fingerprint density at radius 1 is 1.42 bits per heavy atom. The van der Waals surface area contributed by atoms with Crippen LogP contribution in [0, 0.1) is 9.49 Å². The van der Waals surface area contributed by atoms with Crippen LogP contribution in [0.5, 0.6) is 5.75 Å². The molecule has 19 heavy (non-hydrogen) atoms. The number of ether oxygens (including phenoxy) is 1. The summed E-state index contributed by atoms with van der Waals surface area (Å²) in [6.45, 7) is 1.78. The molecule has 4 nitrogen and oxygen atoms in total. The van der Waals surface area contributed by atoms with Crippen LogP contribution in [-0.4, -0.2) is 38.7 Å². The lowest BCUT2D eigenvalue weighted by atomic mass is 10.0. The number of hydrogen-bond donors (Lipinski definition) is 0. The summed E-state index contributed by atoms with van der Waals surface area (Å²) in [6, 6.07) is 7.86. The van der Waals surface area contributed by atoms with Gasteiger partial charge in [-0.1, -0.05) is 12.1 Å². The molecule has 0 bridgehead atoms. The molecule has 1 fully saturated rings. The molecule has 6 heteroatoms. The first-order valence-electron chi connectivity index (χ1n) is 6.29. The van der Waals surface area contributed by atoms with E-state index in [1.807, 2.05) is 24.3 Å². The van der Waals surface area contributed by atoms with Gasteiger partial charge in [-0.3, -0.25) is 0 Å². The molecule has 106 valence electrons. The van der Waals surface area contributed by atoms with E-state index in [4.69, 9.17) is 4.74 Å². The van der Waals surface area contributed by atoms with Crippen molar-refractivity contribution in [2.75, 3.05) is 26.0 Å². The number of rotatable bonds is 4. The Morgan fingerprint density at radius 2 is 2.16 bits per heavy atom. The van der Waals surface area contributed by atoms with E-state index in [1.165, 1.54) is 6.26 Å². The number of nitrogens with zero attached hydrogens (tertiary/aromatic N) is 1. The summed E-state index contributed by atoms with van der Waals surface area (Å²) in [5, 5.41) is 0. The normalized spacial score (nSPS) is 21.3. The van der Waals surface area contributed by atoms with Crippen molar-refractivity contribution in [1.29, 1.82) is 0 Å². The lowest BCUT2D eigenvalue weighted by molar-refractivity contribution is 0.180. The van der Waals surface area contributed by atoms with Crippen LogP contribution in [0.4, 0.5) is 0 Å². The predicted molar refractivity (Wildman–Crippen MR) is 83.8 cm³/mol. The van der Waals surface area contributed by atoms with Gasteiger partial charge in [0.2, 0.25) is 10.0 Å². The van der Waals surface area contributed by atoms with E-state index in [2.05, 4.69) is 22.6 Å². The van der Waals surface area contributed by atoms with Crippen LogP contribution in [0.2, 0.25) is 0 Å². The summed E-state index contributed by atoms with van der Waals surface area (Å²) in [5.41, 5.74) is 0. The largest absolute Gasteiger partial charge is 0.492 e. The highest BCUT2D eigenvalue weighted by Crippen LogP contribution is 2.23. The Balaban J connectivity index is 1.92. The molecule has 0 aromatic heterocycles. The van der Waals surface area contributed by atoms with Gasteiger partial charge in [0.15, 0.2) is 0 Å². The number of sulfonamides is 1. The average Bonchev–Trinajstić information content (AvgIpc) is 2.37. The van der Waals surface area contributed by atoms with Gasteiger partial charge in [0.25, 0.3) is 0 Å². The highest BCUT2D eigenvalue weighted by Gasteiger charge is 2.26. The molecule has 1 heterocycles. The minimum atomic E-state index is -3.07. The standard InChI is InChI=1S/C13H18INO3S/c1-19(16,17)15-8-4-5-11(9-15)10-18-13-7-3-2-6-12(13)14/h2-3,6-7,11H,4-5,8-10H2,1H3. The summed E-state index contributed by atoms with van der Waals surface area (Å²) in [6.07, 6.45) is 3.21. The second-order valence-electron chi connectivity index (χ2n) is 4.87. The van der Waals surface area contributed by atoms with Crippen LogP contribution in [0.15, 0.2) is 24.3 Å². The van der Waals surface area contributed by atoms with E-state index in [0.717, 1.165) is 22.2 Å². The van der Waals surface area contributed by atoms with Gasteiger partial charge in [-0.2, -0.15) is 0 Å². The van der Waals surface area contributed by atoms with E-state index < -0.39 is 10.0 Å². The second-order valence-corrected chi connectivity index (χ2v) is 8.02. The first-order chi connectivity index (χ1) is 8.97. The molecule has 1 saturated heterocycles. The van der Waals surface area contributed by atoms with Crippen molar-refractivity contribution in [1.82, 2.24) is 4.31 Å². The van der Waals surface area contributed by atoms with Gasteiger partial charge < -0.3 is 4.74 Å². The predicted octanol–water partition coefficient (Wildman–Crippen LogP) is 2.34. The average molecular weight is 395 g/mol. The molecule has 0 saturated carbocycles. The van der Waals surface area contributed by atoms with Gasteiger partial charge in [-0.15, -0.1) is 0 Å². The van der Waals surface area contributed by atoms with E-state index in [1.54, 1.807) is 4.31 Å². The summed E-state index contributed by atoms with van der Waals surface area (Å²) >= 11 is 2.24.